The van der Waals surface area contributed by atoms with Gasteiger partial charge in [-0.15, -0.1) is 10.2 Å². The van der Waals surface area contributed by atoms with E-state index in [1.165, 1.54) is 36.7 Å². The second kappa shape index (κ2) is 8.91. The number of thioether (sulfide) groups is 1. The van der Waals surface area contributed by atoms with Crippen LogP contribution in [-0.4, -0.2) is 39.8 Å². The van der Waals surface area contributed by atoms with E-state index in [-0.39, 0.29) is 11.7 Å². The van der Waals surface area contributed by atoms with Crippen molar-refractivity contribution < 1.29 is 9.18 Å². The smallest absolute Gasteiger partial charge is 0.232 e. The normalized spacial score (nSPS) is 13.6. The zero-order valence-electron chi connectivity index (χ0n) is 16.5. The molecule has 0 bridgehead atoms. The Morgan fingerprint density at radius 1 is 1.10 bits per heavy atom. The molecular formula is C23H24FN3OS. The molecule has 0 aliphatic heterocycles. The minimum atomic E-state index is -0.278. The lowest BCUT2D eigenvalue weighted by Gasteiger charge is -2.21. The van der Waals surface area contributed by atoms with Gasteiger partial charge in [-0.1, -0.05) is 43.0 Å². The van der Waals surface area contributed by atoms with Gasteiger partial charge in [0, 0.05) is 29.4 Å². The van der Waals surface area contributed by atoms with Crippen molar-refractivity contribution in [3.8, 4) is 11.3 Å². The minimum Gasteiger partial charge on any atom is -0.342 e. The van der Waals surface area contributed by atoms with Gasteiger partial charge in [0.2, 0.25) is 5.91 Å². The summed E-state index contributed by atoms with van der Waals surface area (Å²) in [5, 5.41) is 11.5. The van der Waals surface area contributed by atoms with Gasteiger partial charge in [-0.25, -0.2) is 4.39 Å². The van der Waals surface area contributed by atoms with E-state index in [2.05, 4.69) is 17.1 Å². The summed E-state index contributed by atoms with van der Waals surface area (Å²) in [4.78, 5) is 14.7. The van der Waals surface area contributed by atoms with Crippen LogP contribution in [0.1, 0.15) is 26.2 Å². The molecule has 3 aromatic rings. The molecule has 1 fully saturated rings. The van der Waals surface area contributed by atoms with E-state index >= 15 is 0 Å². The van der Waals surface area contributed by atoms with E-state index in [0.29, 0.717) is 11.7 Å². The van der Waals surface area contributed by atoms with Crippen LogP contribution in [0.25, 0.3) is 22.0 Å². The van der Waals surface area contributed by atoms with Gasteiger partial charge in [-0.05, 0) is 49.4 Å². The lowest BCUT2D eigenvalue weighted by molar-refractivity contribution is -0.128. The summed E-state index contributed by atoms with van der Waals surface area (Å²) in [5.41, 5.74) is 1.54. The van der Waals surface area contributed by atoms with Gasteiger partial charge in [-0.3, -0.25) is 4.79 Å². The Bertz CT molecular complexity index is 1000. The highest BCUT2D eigenvalue weighted by Crippen LogP contribution is 2.33. The Kier molecular flexibility index (Phi) is 6.09. The fraction of sp³-hybridized carbons (Fsp3) is 0.348. The molecule has 6 heteroatoms. The summed E-state index contributed by atoms with van der Waals surface area (Å²) in [6.45, 7) is 3.79. The average molecular weight is 410 g/mol. The number of amides is 1. The summed E-state index contributed by atoms with van der Waals surface area (Å²) in [6.07, 6.45) is 3.45. The predicted molar refractivity (Wildman–Crippen MR) is 115 cm³/mol. The monoisotopic (exact) mass is 409 g/mol. The van der Waals surface area contributed by atoms with Crippen molar-refractivity contribution >= 4 is 28.4 Å². The third-order valence-corrected chi connectivity index (χ3v) is 6.09. The SMILES string of the molecule is CCCN(CC1CC1)C(=O)CSc1nnc(-c2ccc(F)cc2)c2ccccc12. The highest BCUT2D eigenvalue weighted by Gasteiger charge is 2.26. The predicted octanol–water partition coefficient (Wildman–Crippen LogP) is 5.18. The maximum Gasteiger partial charge on any atom is 0.232 e. The first-order chi connectivity index (χ1) is 14.2. The Balaban J connectivity index is 1.56. The summed E-state index contributed by atoms with van der Waals surface area (Å²) in [5.74, 6) is 0.935. The Morgan fingerprint density at radius 2 is 1.83 bits per heavy atom. The first-order valence-electron chi connectivity index (χ1n) is 10.1. The largest absolute Gasteiger partial charge is 0.342 e. The van der Waals surface area contributed by atoms with Crippen molar-refractivity contribution in [2.24, 2.45) is 5.92 Å². The molecule has 1 aliphatic rings. The third kappa shape index (κ3) is 4.75. The fourth-order valence-electron chi connectivity index (χ4n) is 3.43. The number of rotatable bonds is 8. The second-order valence-electron chi connectivity index (χ2n) is 7.48. The van der Waals surface area contributed by atoms with E-state index in [9.17, 15) is 9.18 Å². The molecule has 1 amide bonds. The number of hydrogen-bond donors (Lipinski definition) is 0. The molecule has 29 heavy (non-hydrogen) atoms. The number of fused-ring (bicyclic) bond motifs is 1. The highest BCUT2D eigenvalue weighted by molar-refractivity contribution is 8.00. The third-order valence-electron chi connectivity index (χ3n) is 5.13. The summed E-state index contributed by atoms with van der Waals surface area (Å²) in [6, 6.07) is 14.2. The molecule has 2 aromatic carbocycles. The van der Waals surface area contributed by atoms with E-state index in [4.69, 9.17) is 0 Å². The van der Waals surface area contributed by atoms with Gasteiger partial charge < -0.3 is 4.90 Å². The molecule has 1 aromatic heterocycles. The van der Waals surface area contributed by atoms with E-state index in [1.807, 2.05) is 29.2 Å². The van der Waals surface area contributed by atoms with Crippen LogP contribution >= 0.6 is 11.8 Å². The molecule has 150 valence electrons. The van der Waals surface area contributed by atoms with Crippen molar-refractivity contribution in [3.05, 3.63) is 54.3 Å². The standard InChI is InChI=1S/C23H24FN3OS/c1-2-13-27(14-16-7-8-16)21(28)15-29-23-20-6-4-3-5-19(20)22(25-26-23)17-9-11-18(24)12-10-17/h3-6,9-12,16H,2,7-8,13-15H2,1H3. The summed E-state index contributed by atoms with van der Waals surface area (Å²) >= 11 is 1.44. The first-order valence-corrected chi connectivity index (χ1v) is 11.1. The van der Waals surface area contributed by atoms with E-state index < -0.39 is 0 Å². The van der Waals surface area contributed by atoms with Crippen molar-refractivity contribution in [3.63, 3.8) is 0 Å². The zero-order chi connectivity index (χ0) is 20.2. The molecule has 1 saturated carbocycles. The van der Waals surface area contributed by atoms with Gasteiger partial charge >= 0.3 is 0 Å². The van der Waals surface area contributed by atoms with Crippen LogP contribution in [0.15, 0.2) is 53.6 Å². The van der Waals surface area contributed by atoms with Crippen LogP contribution in [0.4, 0.5) is 4.39 Å². The number of hydrogen-bond acceptors (Lipinski definition) is 4. The van der Waals surface area contributed by atoms with Gasteiger partial charge in [0.05, 0.1) is 5.75 Å². The molecule has 0 atom stereocenters. The Labute approximate surface area is 174 Å². The Hall–Kier alpha value is -2.47. The number of benzene rings is 2. The quantitative estimate of drug-likeness (QED) is 0.481. The van der Waals surface area contributed by atoms with Crippen LogP contribution in [-0.2, 0) is 4.79 Å². The topological polar surface area (TPSA) is 46.1 Å². The van der Waals surface area contributed by atoms with Crippen molar-refractivity contribution in [2.75, 3.05) is 18.8 Å². The molecule has 4 nitrogen and oxygen atoms in total. The molecule has 4 rings (SSSR count). The zero-order valence-corrected chi connectivity index (χ0v) is 17.3. The molecular weight excluding hydrogens is 385 g/mol. The van der Waals surface area contributed by atoms with Crippen molar-refractivity contribution in [1.82, 2.24) is 15.1 Å². The number of nitrogens with zero attached hydrogens (tertiary/aromatic N) is 3. The average Bonchev–Trinajstić information content (AvgIpc) is 3.56. The minimum absolute atomic E-state index is 0.164. The molecule has 0 radical (unpaired) electrons. The summed E-state index contributed by atoms with van der Waals surface area (Å²) < 4.78 is 13.3. The molecule has 0 unspecified atom stereocenters. The molecule has 0 spiro atoms. The van der Waals surface area contributed by atoms with Gasteiger partial charge in [0.15, 0.2) is 0 Å². The van der Waals surface area contributed by atoms with E-state index in [1.54, 1.807) is 12.1 Å². The number of carbonyl (C=O) groups excluding carboxylic acids is 1. The number of aromatic nitrogens is 2. The molecule has 1 aliphatic carbocycles. The Morgan fingerprint density at radius 3 is 2.52 bits per heavy atom. The summed E-state index contributed by atoms with van der Waals surface area (Å²) in [7, 11) is 0. The highest BCUT2D eigenvalue weighted by atomic mass is 32.2. The number of halogens is 1. The van der Waals surface area contributed by atoms with Gasteiger partial charge in [-0.2, -0.15) is 0 Å². The second-order valence-corrected chi connectivity index (χ2v) is 8.44. The fourth-order valence-corrected chi connectivity index (χ4v) is 4.30. The van der Waals surface area contributed by atoms with Crippen LogP contribution in [0.3, 0.4) is 0 Å². The molecule has 1 heterocycles. The van der Waals surface area contributed by atoms with Crippen LogP contribution < -0.4 is 0 Å². The lowest BCUT2D eigenvalue weighted by Crippen LogP contribution is -2.34. The first kappa shape index (κ1) is 19.8. The lowest BCUT2D eigenvalue weighted by atomic mass is 10.1. The van der Waals surface area contributed by atoms with Crippen LogP contribution in [0.2, 0.25) is 0 Å². The van der Waals surface area contributed by atoms with E-state index in [0.717, 1.165) is 46.6 Å². The van der Waals surface area contributed by atoms with Gasteiger partial charge in [0.1, 0.15) is 16.5 Å². The number of carbonyl (C=O) groups is 1. The molecule has 0 saturated heterocycles. The molecule has 0 N–H and O–H groups in total. The van der Waals surface area contributed by atoms with Crippen LogP contribution in [0, 0.1) is 11.7 Å². The van der Waals surface area contributed by atoms with Gasteiger partial charge in [0.25, 0.3) is 0 Å². The van der Waals surface area contributed by atoms with Crippen LogP contribution in [0.5, 0.6) is 0 Å². The van der Waals surface area contributed by atoms with Crippen molar-refractivity contribution in [1.29, 1.82) is 0 Å². The maximum absolute atomic E-state index is 13.3. The maximum atomic E-state index is 13.3. The van der Waals surface area contributed by atoms with Crippen molar-refractivity contribution in [2.45, 2.75) is 31.2 Å².